The largest absolute Gasteiger partial charge is 0.459 e. The highest BCUT2D eigenvalue weighted by molar-refractivity contribution is 5.78. The van der Waals surface area contributed by atoms with Gasteiger partial charge in [0.05, 0.1) is 12.2 Å². The summed E-state index contributed by atoms with van der Waals surface area (Å²) in [4.78, 5) is 3.71. The van der Waals surface area contributed by atoms with E-state index in [2.05, 4.69) is 4.98 Å². The Morgan fingerprint density at radius 3 is 2.89 bits per heavy atom. The third kappa shape index (κ3) is 2.11. The van der Waals surface area contributed by atoms with Crippen LogP contribution in [0, 0.1) is 12.7 Å². The van der Waals surface area contributed by atoms with Crippen LogP contribution in [0.15, 0.2) is 47.1 Å². The summed E-state index contributed by atoms with van der Waals surface area (Å²) in [5, 5.41) is 0.972. The fourth-order valence-corrected chi connectivity index (χ4v) is 2.13. The fourth-order valence-electron chi connectivity index (χ4n) is 2.13. The Bertz CT molecular complexity index is 736. The average molecular weight is 256 g/mol. The molecule has 1 unspecified atom stereocenters. The van der Waals surface area contributed by atoms with Gasteiger partial charge in [-0.1, -0.05) is 11.6 Å². The molecule has 0 bridgehead atoms. The first-order valence-electron chi connectivity index (χ1n) is 6.00. The Morgan fingerprint density at radius 2 is 2.11 bits per heavy atom. The summed E-state index contributed by atoms with van der Waals surface area (Å²) in [5.41, 5.74) is 8.34. The summed E-state index contributed by atoms with van der Waals surface area (Å²) < 4.78 is 19.3. The normalized spacial score (nSPS) is 12.8. The van der Waals surface area contributed by atoms with Crippen molar-refractivity contribution in [2.24, 2.45) is 5.73 Å². The van der Waals surface area contributed by atoms with Crippen LogP contribution in [0.25, 0.3) is 11.0 Å². The maximum absolute atomic E-state index is 13.7. The highest BCUT2D eigenvalue weighted by Crippen LogP contribution is 2.28. The number of halogens is 1. The highest BCUT2D eigenvalue weighted by atomic mass is 19.1. The van der Waals surface area contributed by atoms with E-state index >= 15 is 0 Å². The number of hydrogen-bond donors (Lipinski definition) is 1. The van der Waals surface area contributed by atoms with Crippen molar-refractivity contribution in [1.29, 1.82) is 0 Å². The van der Waals surface area contributed by atoms with E-state index in [9.17, 15) is 4.39 Å². The third-order valence-corrected chi connectivity index (χ3v) is 3.14. The van der Waals surface area contributed by atoms with Crippen LogP contribution < -0.4 is 5.73 Å². The molecule has 0 radical (unpaired) electrons. The van der Waals surface area contributed by atoms with Gasteiger partial charge in [0.1, 0.15) is 17.2 Å². The molecule has 0 fully saturated rings. The predicted molar refractivity (Wildman–Crippen MR) is 71.2 cm³/mol. The molecular weight excluding hydrogens is 243 g/mol. The topological polar surface area (TPSA) is 52.0 Å². The molecule has 0 aliphatic rings. The molecule has 1 atom stereocenters. The molecule has 0 saturated carbocycles. The molecule has 4 heteroatoms. The summed E-state index contributed by atoms with van der Waals surface area (Å²) >= 11 is 0. The minimum absolute atomic E-state index is 0.380. The smallest absolute Gasteiger partial charge is 0.146 e. The number of nitrogens with zero attached hydrogens (tertiary/aromatic N) is 1. The first kappa shape index (κ1) is 11.9. The van der Waals surface area contributed by atoms with Crippen LogP contribution in [0.3, 0.4) is 0 Å². The Kier molecular flexibility index (Phi) is 2.80. The van der Waals surface area contributed by atoms with Crippen molar-refractivity contribution in [3.05, 3.63) is 65.4 Å². The van der Waals surface area contributed by atoms with Gasteiger partial charge in [0.15, 0.2) is 0 Å². The molecule has 96 valence electrons. The van der Waals surface area contributed by atoms with Crippen molar-refractivity contribution in [2.75, 3.05) is 0 Å². The number of aryl methyl sites for hydroxylation is 1. The van der Waals surface area contributed by atoms with E-state index in [1.165, 1.54) is 6.20 Å². The summed E-state index contributed by atoms with van der Waals surface area (Å²) in [6.07, 6.45) is 2.67. The minimum Gasteiger partial charge on any atom is -0.459 e. The van der Waals surface area contributed by atoms with E-state index in [4.69, 9.17) is 10.2 Å². The van der Waals surface area contributed by atoms with Crippen molar-refractivity contribution < 1.29 is 8.81 Å². The summed E-state index contributed by atoms with van der Waals surface area (Å²) in [7, 11) is 0. The molecule has 2 N–H and O–H groups in total. The molecular formula is C15H13FN2O. The Morgan fingerprint density at radius 1 is 1.26 bits per heavy atom. The lowest BCUT2D eigenvalue weighted by atomic mass is 10.1. The highest BCUT2D eigenvalue weighted by Gasteiger charge is 2.17. The number of furan rings is 1. The second-order valence-electron chi connectivity index (χ2n) is 4.56. The van der Waals surface area contributed by atoms with Gasteiger partial charge in [-0.25, -0.2) is 4.39 Å². The zero-order valence-corrected chi connectivity index (χ0v) is 10.4. The maximum atomic E-state index is 13.7. The van der Waals surface area contributed by atoms with Crippen LogP contribution >= 0.6 is 0 Å². The molecule has 2 heterocycles. The van der Waals surface area contributed by atoms with E-state index in [1.54, 1.807) is 6.07 Å². The Hall–Kier alpha value is -2.20. The summed E-state index contributed by atoms with van der Waals surface area (Å²) in [5.74, 6) is 0.123. The van der Waals surface area contributed by atoms with Crippen LogP contribution in [-0.4, -0.2) is 4.98 Å². The molecule has 0 spiro atoms. The monoisotopic (exact) mass is 256 g/mol. The first-order chi connectivity index (χ1) is 9.15. The van der Waals surface area contributed by atoms with Crippen LogP contribution in [-0.2, 0) is 0 Å². The van der Waals surface area contributed by atoms with Gasteiger partial charge >= 0.3 is 0 Å². The fraction of sp³-hybridized carbons (Fsp3) is 0.133. The standard InChI is InChI=1S/C15H13FN2O/c1-9-2-3-13-10(6-9)7-14(19-13)15(17)11-4-5-18-8-12(11)16/h2-8,15H,17H2,1H3. The van der Waals surface area contributed by atoms with E-state index in [0.29, 0.717) is 11.3 Å². The van der Waals surface area contributed by atoms with Gasteiger partial charge in [-0.3, -0.25) is 4.98 Å². The second-order valence-corrected chi connectivity index (χ2v) is 4.56. The van der Waals surface area contributed by atoms with Gasteiger partial charge < -0.3 is 10.2 Å². The number of benzene rings is 1. The summed E-state index contributed by atoms with van der Waals surface area (Å²) in [6.45, 7) is 2.01. The van der Waals surface area contributed by atoms with Gasteiger partial charge in [-0.05, 0) is 31.2 Å². The Labute approximate surface area is 109 Å². The number of hydrogen-bond acceptors (Lipinski definition) is 3. The van der Waals surface area contributed by atoms with E-state index in [0.717, 1.165) is 22.7 Å². The molecule has 0 aliphatic heterocycles. The maximum Gasteiger partial charge on any atom is 0.146 e. The lowest BCUT2D eigenvalue weighted by Crippen LogP contribution is -2.12. The van der Waals surface area contributed by atoms with Crippen molar-refractivity contribution in [1.82, 2.24) is 4.98 Å². The van der Waals surface area contributed by atoms with Crippen LogP contribution in [0.1, 0.15) is 22.9 Å². The molecule has 3 aromatic rings. The van der Waals surface area contributed by atoms with E-state index in [-0.39, 0.29) is 0 Å². The van der Waals surface area contributed by atoms with Crippen molar-refractivity contribution in [3.63, 3.8) is 0 Å². The zero-order chi connectivity index (χ0) is 13.4. The number of pyridine rings is 1. The number of nitrogens with two attached hydrogens (primary N) is 1. The zero-order valence-electron chi connectivity index (χ0n) is 10.4. The van der Waals surface area contributed by atoms with Crippen LogP contribution in [0.4, 0.5) is 4.39 Å². The summed E-state index contributed by atoms with van der Waals surface area (Å²) in [6, 6.07) is 8.66. The quantitative estimate of drug-likeness (QED) is 0.765. The molecule has 3 nitrogen and oxygen atoms in total. The molecule has 3 rings (SSSR count). The molecule has 2 aromatic heterocycles. The van der Waals surface area contributed by atoms with Gasteiger partial charge in [0.25, 0.3) is 0 Å². The molecule has 0 saturated heterocycles. The lowest BCUT2D eigenvalue weighted by molar-refractivity contribution is 0.509. The van der Waals surface area contributed by atoms with Crippen LogP contribution in [0.2, 0.25) is 0 Å². The first-order valence-corrected chi connectivity index (χ1v) is 6.00. The van der Waals surface area contributed by atoms with Crippen molar-refractivity contribution in [3.8, 4) is 0 Å². The van der Waals surface area contributed by atoms with Gasteiger partial charge in [-0.2, -0.15) is 0 Å². The lowest BCUT2D eigenvalue weighted by Gasteiger charge is -2.09. The number of aromatic nitrogens is 1. The average Bonchev–Trinajstić information content (AvgIpc) is 2.81. The van der Waals surface area contributed by atoms with Crippen molar-refractivity contribution >= 4 is 11.0 Å². The Balaban J connectivity index is 2.07. The molecule has 0 amide bonds. The SMILES string of the molecule is Cc1ccc2oc(C(N)c3ccncc3F)cc2c1. The molecule has 1 aromatic carbocycles. The van der Waals surface area contributed by atoms with E-state index in [1.807, 2.05) is 31.2 Å². The van der Waals surface area contributed by atoms with Gasteiger partial charge in [-0.15, -0.1) is 0 Å². The van der Waals surface area contributed by atoms with Crippen molar-refractivity contribution in [2.45, 2.75) is 13.0 Å². The minimum atomic E-state index is -0.629. The molecule has 19 heavy (non-hydrogen) atoms. The number of rotatable bonds is 2. The predicted octanol–water partition coefficient (Wildman–Crippen LogP) is 3.32. The van der Waals surface area contributed by atoms with Gasteiger partial charge in [0.2, 0.25) is 0 Å². The number of fused-ring (bicyclic) bond motifs is 1. The van der Waals surface area contributed by atoms with E-state index < -0.39 is 11.9 Å². The molecule has 0 aliphatic carbocycles. The second kappa shape index (κ2) is 4.48. The third-order valence-electron chi connectivity index (χ3n) is 3.14. The van der Waals surface area contributed by atoms with Crippen LogP contribution in [0.5, 0.6) is 0 Å². The van der Waals surface area contributed by atoms with Gasteiger partial charge in [0, 0.05) is 17.1 Å².